The maximum Gasteiger partial charge on any atom is 0.410 e. The zero-order valence-corrected chi connectivity index (χ0v) is 19.6. The maximum atomic E-state index is 13.2. The van der Waals surface area contributed by atoms with Crippen LogP contribution in [0.3, 0.4) is 0 Å². The second-order valence-electron chi connectivity index (χ2n) is 9.25. The van der Waals surface area contributed by atoms with Crippen LogP contribution in [-0.4, -0.2) is 58.2 Å². The van der Waals surface area contributed by atoms with Crippen LogP contribution >= 0.6 is 15.9 Å². The van der Waals surface area contributed by atoms with Crippen LogP contribution in [0.4, 0.5) is 4.79 Å². The number of likely N-dealkylation sites (tertiary alicyclic amines) is 1. The van der Waals surface area contributed by atoms with E-state index in [0.29, 0.717) is 19.0 Å². The molecule has 2 aliphatic rings. The van der Waals surface area contributed by atoms with Crippen molar-refractivity contribution in [1.82, 2.24) is 14.5 Å². The molecule has 3 rings (SSSR count). The molecular formula is C21H32BrN3O4. The number of rotatable bonds is 4. The third-order valence-corrected chi connectivity index (χ3v) is 6.52. The van der Waals surface area contributed by atoms with E-state index in [9.17, 15) is 9.59 Å². The number of imidazole rings is 1. The largest absolute Gasteiger partial charge is 0.444 e. The van der Waals surface area contributed by atoms with Gasteiger partial charge in [-0.2, -0.15) is 0 Å². The van der Waals surface area contributed by atoms with Crippen LogP contribution in [0, 0.1) is 18.8 Å². The predicted molar refractivity (Wildman–Crippen MR) is 113 cm³/mol. The summed E-state index contributed by atoms with van der Waals surface area (Å²) < 4.78 is 13.8. The molecule has 1 amide bonds. The minimum absolute atomic E-state index is 0.105. The fourth-order valence-electron chi connectivity index (χ4n) is 4.13. The number of hydrogen-bond acceptors (Lipinski definition) is 5. The summed E-state index contributed by atoms with van der Waals surface area (Å²) in [5.41, 5.74) is 0.427. The number of ether oxygens (including phenoxy) is 2. The van der Waals surface area contributed by atoms with E-state index >= 15 is 0 Å². The van der Waals surface area contributed by atoms with Crippen LogP contribution in [0.2, 0.25) is 0 Å². The van der Waals surface area contributed by atoms with Crippen LogP contribution in [0.1, 0.15) is 58.0 Å². The van der Waals surface area contributed by atoms with Gasteiger partial charge < -0.3 is 18.9 Å². The van der Waals surface area contributed by atoms with E-state index in [2.05, 4.69) is 15.9 Å². The minimum Gasteiger partial charge on any atom is -0.444 e. The van der Waals surface area contributed by atoms with Gasteiger partial charge in [-0.25, -0.2) is 9.78 Å². The first-order valence-electron chi connectivity index (χ1n) is 10.4. The fourth-order valence-corrected chi connectivity index (χ4v) is 4.52. The van der Waals surface area contributed by atoms with Gasteiger partial charge in [0.05, 0.1) is 6.54 Å². The number of hydrogen-bond donors (Lipinski definition) is 0. The van der Waals surface area contributed by atoms with Gasteiger partial charge in [0.1, 0.15) is 16.0 Å². The molecule has 0 aromatic carbocycles. The number of aromatic nitrogens is 2. The molecule has 0 spiro atoms. The Hall–Kier alpha value is -1.41. The van der Waals surface area contributed by atoms with Gasteiger partial charge in [-0.1, -0.05) is 6.92 Å². The fraction of sp³-hybridized carbons (Fsp3) is 0.762. The Labute approximate surface area is 181 Å². The molecule has 0 N–H and O–H groups in total. The van der Waals surface area contributed by atoms with Gasteiger partial charge in [0.15, 0.2) is 5.78 Å². The molecule has 2 saturated heterocycles. The number of Topliss-reactive ketones (excluding diaryl/α,β-unsaturated/α-hetero) is 1. The quantitative estimate of drug-likeness (QED) is 0.667. The van der Waals surface area contributed by atoms with Crippen molar-refractivity contribution < 1.29 is 19.1 Å². The first kappa shape index (κ1) is 22.3. The molecule has 0 saturated carbocycles. The summed E-state index contributed by atoms with van der Waals surface area (Å²) >= 11 is 3.53. The summed E-state index contributed by atoms with van der Waals surface area (Å²) in [5.74, 6) is 1.32. The van der Waals surface area contributed by atoms with Crippen molar-refractivity contribution in [2.75, 3.05) is 26.3 Å². The molecule has 1 aromatic rings. The van der Waals surface area contributed by atoms with Crippen LogP contribution < -0.4 is 0 Å². The van der Waals surface area contributed by atoms with Gasteiger partial charge in [0, 0.05) is 43.8 Å². The second kappa shape index (κ2) is 8.76. The summed E-state index contributed by atoms with van der Waals surface area (Å²) in [5, 5.41) is 0. The number of nitrogens with zero attached hydrogens (tertiary/aromatic N) is 3. The molecular weight excluding hydrogens is 438 g/mol. The van der Waals surface area contributed by atoms with Crippen LogP contribution in [0.5, 0.6) is 0 Å². The third-order valence-electron chi connectivity index (χ3n) is 5.77. The molecule has 0 radical (unpaired) electrons. The molecule has 0 bridgehead atoms. The summed E-state index contributed by atoms with van der Waals surface area (Å²) in [6, 6.07) is 0. The lowest BCUT2D eigenvalue weighted by Gasteiger charge is -2.24. The molecule has 2 aliphatic heterocycles. The van der Waals surface area contributed by atoms with Gasteiger partial charge >= 0.3 is 6.09 Å². The number of carbonyl (C=O) groups is 2. The Morgan fingerprint density at radius 1 is 1.24 bits per heavy atom. The average molecular weight is 470 g/mol. The highest BCUT2D eigenvalue weighted by molar-refractivity contribution is 9.10. The normalized spacial score (nSPS) is 23.4. The third kappa shape index (κ3) is 5.20. The van der Waals surface area contributed by atoms with Crippen LogP contribution in [0.15, 0.2) is 4.60 Å². The highest BCUT2D eigenvalue weighted by atomic mass is 79.9. The smallest absolute Gasteiger partial charge is 0.410 e. The Bertz CT molecular complexity index is 765. The highest BCUT2D eigenvalue weighted by Crippen LogP contribution is 2.31. The van der Waals surface area contributed by atoms with Crippen molar-refractivity contribution in [3.05, 3.63) is 16.1 Å². The summed E-state index contributed by atoms with van der Waals surface area (Å²) in [6.45, 7) is 12.3. The molecule has 0 aliphatic carbocycles. The van der Waals surface area contributed by atoms with E-state index < -0.39 is 5.60 Å². The van der Waals surface area contributed by atoms with Crippen molar-refractivity contribution in [2.24, 2.45) is 11.8 Å². The van der Waals surface area contributed by atoms with E-state index in [0.717, 1.165) is 42.2 Å². The topological polar surface area (TPSA) is 73.7 Å². The number of carbonyl (C=O) groups excluding carboxylic acids is 2. The van der Waals surface area contributed by atoms with Gasteiger partial charge in [-0.15, -0.1) is 0 Å². The Morgan fingerprint density at radius 3 is 2.52 bits per heavy atom. The SMILES string of the molecule is Cc1c(Br)nc(C2CCOCC2)n1CC(=O)[C@@H]1CN(C(=O)OC(C)(C)C)C[C@H]1C. The summed E-state index contributed by atoms with van der Waals surface area (Å²) in [7, 11) is 0. The lowest BCUT2D eigenvalue weighted by Crippen LogP contribution is -2.36. The van der Waals surface area contributed by atoms with Crippen molar-refractivity contribution >= 4 is 27.8 Å². The van der Waals surface area contributed by atoms with Crippen molar-refractivity contribution in [3.8, 4) is 0 Å². The van der Waals surface area contributed by atoms with E-state index in [4.69, 9.17) is 14.5 Å². The molecule has 3 heterocycles. The monoisotopic (exact) mass is 469 g/mol. The van der Waals surface area contributed by atoms with E-state index in [1.165, 1.54) is 0 Å². The number of halogens is 1. The number of amides is 1. The molecule has 7 nitrogen and oxygen atoms in total. The second-order valence-corrected chi connectivity index (χ2v) is 10.0. The standard InChI is InChI=1S/C21H32BrN3O4/c1-13-10-24(20(27)29-21(3,4)5)11-16(13)17(26)12-25-14(2)18(22)23-19(25)15-6-8-28-9-7-15/h13,15-16H,6-12H2,1-5H3/t13-,16-/m1/s1. The molecule has 2 fully saturated rings. The van der Waals surface area contributed by atoms with Gasteiger partial charge in [0.25, 0.3) is 0 Å². The van der Waals surface area contributed by atoms with E-state index in [-0.39, 0.29) is 30.3 Å². The maximum absolute atomic E-state index is 13.2. The molecule has 2 atom stereocenters. The number of ketones is 1. The molecule has 8 heteroatoms. The predicted octanol–water partition coefficient (Wildman–Crippen LogP) is 3.92. The zero-order chi connectivity index (χ0) is 21.3. The van der Waals surface area contributed by atoms with Crippen molar-refractivity contribution in [1.29, 1.82) is 0 Å². The zero-order valence-electron chi connectivity index (χ0n) is 18.0. The molecule has 1 aromatic heterocycles. The molecule has 0 unspecified atom stereocenters. The summed E-state index contributed by atoms with van der Waals surface area (Å²) in [6.07, 6.45) is 1.50. The average Bonchev–Trinajstić information content (AvgIpc) is 3.16. The molecule has 29 heavy (non-hydrogen) atoms. The van der Waals surface area contributed by atoms with E-state index in [1.54, 1.807) is 4.90 Å². The lowest BCUT2D eigenvalue weighted by molar-refractivity contribution is -0.124. The van der Waals surface area contributed by atoms with Crippen LogP contribution in [0.25, 0.3) is 0 Å². The van der Waals surface area contributed by atoms with Crippen molar-refractivity contribution in [3.63, 3.8) is 0 Å². The van der Waals surface area contributed by atoms with Crippen molar-refractivity contribution in [2.45, 2.75) is 65.5 Å². The van der Waals surface area contributed by atoms with Gasteiger partial charge in [0.2, 0.25) is 0 Å². The first-order valence-corrected chi connectivity index (χ1v) is 11.2. The minimum atomic E-state index is -0.540. The first-order chi connectivity index (χ1) is 13.6. The van der Waals surface area contributed by atoms with E-state index in [1.807, 2.05) is 39.2 Å². The highest BCUT2D eigenvalue weighted by Gasteiger charge is 2.39. The van der Waals surface area contributed by atoms with Crippen LogP contribution in [-0.2, 0) is 20.8 Å². The van der Waals surface area contributed by atoms with Gasteiger partial charge in [-0.3, -0.25) is 4.79 Å². The Kier molecular flexibility index (Phi) is 6.73. The summed E-state index contributed by atoms with van der Waals surface area (Å²) in [4.78, 5) is 32.0. The lowest BCUT2D eigenvalue weighted by atomic mass is 9.93. The Balaban J connectivity index is 1.71. The van der Waals surface area contributed by atoms with Gasteiger partial charge in [-0.05, 0) is 62.4 Å². The molecule has 162 valence electrons. The Morgan fingerprint density at radius 2 is 1.90 bits per heavy atom.